The van der Waals surface area contributed by atoms with Gasteiger partial charge >= 0.3 is 0 Å². The summed E-state index contributed by atoms with van der Waals surface area (Å²) in [5.74, 6) is 0.107. The van der Waals surface area contributed by atoms with Crippen LogP contribution in [-0.2, 0) is 10.0 Å². The smallest absolute Gasteiger partial charge is 0.265 e. The molecule has 2 aromatic heterocycles. The van der Waals surface area contributed by atoms with E-state index in [-0.39, 0.29) is 16.4 Å². The van der Waals surface area contributed by atoms with Crippen molar-refractivity contribution in [2.24, 2.45) is 0 Å². The fraction of sp³-hybridized carbons (Fsp3) is 0.0741. The average Bonchev–Trinajstić information content (AvgIpc) is 3.32. The van der Waals surface area contributed by atoms with E-state index in [1.54, 1.807) is 55.5 Å². The van der Waals surface area contributed by atoms with Crippen molar-refractivity contribution in [1.82, 2.24) is 9.97 Å². The molecular formula is C27H21ClN4O4S2. The van der Waals surface area contributed by atoms with Crippen molar-refractivity contribution in [1.29, 1.82) is 0 Å². The van der Waals surface area contributed by atoms with Crippen LogP contribution in [0.4, 0.5) is 11.4 Å². The molecule has 0 atom stereocenters. The minimum absolute atomic E-state index is 0.127. The summed E-state index contributed by atoms with van der Waals surface area (Å²) in [7, 11) is -2.31. The highest BCUT2D eigenvalue weighted by Crippen LogP contribution is 2.32. The Labute approximate surface area is 227 Å². The second-order valence-corrected chi connectivity index (χ2v) is 12.0. The van der Waals surface area contributed by atoms with Gasteiger partial charge in [-0.3, -0.25) is 13.9 Å². The Kier molecular flexibility index (Phi) is 6.78. The molecule has 0 fully saturated rings. The minimum atomic E-state index is -3.79. The van der Waals surface area contributed by atoms with Gasteiger partial charge in [0, 0.05) is 39.8 Å². The molecule has 0 aliphatic carbocycles. The molecule has 5 aromatic rings. The molecule has 0 bridgehead atoms. The first-order valence-corrected chi connectivity index (χ1v) is 14.0. The molecule has 0 aliphatic heterocycles. The Hall–Kier alpha value is -3.99. The van der Waals surface area contributed by atoms with Crippen molar-refractivity contribution in [3.8, 4) is 11.4 Å². The topological polar surface area (TPSA) is 112 Å². The Morgan fingerprint density at radius 1 is 1.03 bits per heavy atom. The third kappa shape index (κ3) is 5.19. The van der Waals surface area contributed by atoms with Crippen LogP contribution in [0.15, 0.2) is 88.6 Å². The number of carbonyl (C=O) groups is 1. The van der Waals surface area contributed by atoms with Crippen LogP contribution >= 0.6 is 22.9 Å². The number of nitrogens with one attached hydrogen (secondary N) is 2. The molecule has 192 valence electrons. The van der Waals surface area contributed by atoms with Gasteiger partial charge in [0.1, 0.15) is 5.82 Å². The number of nitrogens with zero attached hydrogens (tertiary/aromatic N) is 2. The van der Waals surface area contributed by atoms with Gasteiger partial charge in [0.15, 0.2) is 0 Å². The summed E-state index contributed by atoms with van der Waals surface area (Å²) >= 11 is 7.19. The Morgan fingerprint density at radius 2 is 1.79 bits per heavy atom. The van der Waals surface area contributed by atoms with Crippen LogP contribution in [-0.4, -0.2) is 31.3 Å². The maximum absolute atomic E-state index is 13.1. The van der Waals surface area contributed by atoms with Crippen LogP contribution < -0.4 is 15.2 Å². The zero-order chi connectivity index (χ0) is 27.0. The molecule has 3 aromatic carbocycles. The van der Waals surface area contributed by atoms with Crippen molar-refractivity contribution in [2.75, 3.05) is 16.7 Å². The van der Waals surface area contributed by atoms with Gasteiger partial charge in [-0.15, -0.1) is 11.3 Å². The van der Waals surface area contributed by atoms with Crippen molar-refractivity contribution in [3.05, 3.63) is 105 Å². The largest absolute Gasteiger partial charge is 0.321 e. The zero-order valence-electron chi connectivity index (χ0n) is 20.2. The minimum Gasteiger partial charge on any atom is -0.321 e. The SMILES string of the molecule is Cc1cc(=O)[nH]c(-c2cccc(NC(=O)c3cc4cc(N(C)S(=O)(=O)c5ccc(Cl)cc5)ccc4s3)c2)n1. The summed E-state index contributed by atoms with van der Waals surface area (Å²) < 4.78 is 28.2. The molecule has 38 heavy (non-hydrogen) atoms. The maximum Gasteiger partial charge on any atom is 0.265 e. The van der Waals surface area contributed by atoms with Gasteiger partial charge < -0.3 is 10.3 Å². The summed E-state index contributed by atoms with van der Waals surface area (Å²) in [4.78, 5) is 32.5. The van der Waals surface area contributed by atoms with Gasteiger partial charge in [0.2, 0.25) is 0 Å². The van der Waals surface area contributed by atoms with Crippen molar-refractivity contribution in [3.63, 3.8) is 0 Å². The molecule has 0 saturated heterocycles. The monoisotopic (exact) mass is 564 g/mol. The fourth-order valence-electron chi connectivity index (χ4n) is 3.89. The number of hydrogen-bond donors (Lipinski definition) is 2. The normalized spacial score (nSPS) is 11.4. The number of carbonyl (C=O) groups excluding carboxylic acids is 1. The van der Waals surface area contributed by atoms with Crippen LogP contribution in [0.3, 0.4) is 0 Å². The maximum atomic E-state index is 13.1. The second kappa shape index (κ2) is 10.1. The summed E-state index contributed by atoms with van der Waals surface area (Å²) in [6, 6.07) is 21.4. The number of halogens is 1. The molecule has 0 unspecified atom stereocenters. The van der Waals surface area contributed by atoms with Gasteiger partial charge in [-0.05, 0) is 73.0 Å². The number of aromatic nitrogens is 2. The van der Waals surface area contributed by atoms with Gasteiger partial charge in [-0.25, -0.2) is 13.4 Å². The standard InChI is InChI=1S/C27H21ClN4O4S2/c1-16-12-25(33)31-26(29-16)17-4-3-5-20(13-17)30-27(34)24-15-18-14-21(8-11-23(18)37-24)32(2)38(35,36)22-9-6-19(28)7-10-22/h3-15H,1-2H3,(H,30,34)(H,29,31,33). The zero-order valence-corrected chi connectivity index (χ0v) is 22.6. The number of amides is 1. The van der Waals surface area contributed by atoms with E-state index >= 15 is 0 Å². The lowest BCUT2D eigenvalue weighted by molar-refractivity contribution is 0.103. The Morgan fingerprint density at radius 3 is 2.53 bits per heavy atom. The summed E-state index contributed by atoms with van der Waals surface area (Å²) in [5.41, 5.74) is 2.01. The molecule has 2 N–H and O–H groups in total. The lowest BCUT2D eigenvalue weighted by Crippen LogP contribution is -2.26. The molecule has 5 rings (SSSR count). The van der Waals surface area contributed by atoms with E-state index in [0.717, 1.165) is 10.1 Å². The fourth-order valence-corrected chi connectivity index (χ4v) is 6.15. The quantitative estimate of drug-likeness (QED) is 0.275. The highest BCUT2D eigenvalue weighted by Gasteiger charge is 2.22. The number of thiophene rings is 1. The van der Waals surface area contributed by atoms with E-state index in [4.69, 9.17) is 11.6 Å². The molecule has 11 heteroatoms. The molecule has 0 saturated carbocycles. The number of aryl methyl sites for hydroxylation is 1. The van der Waals surface area contributed by atoms with Crippen LogP contribution in [0, 0.1) is 6.92 Å². The predicted molar refractivity (Wildman–Crippen MR) is 152 cm³/mol. The van der Waals surface area contributed by atoms with Crippen LogP contribution in [0.25, 0.3) is 21.5 Å². The predicted octanol–water partition coefficient (Wildman–Crippen LogP) is 5.69. The molecular weight excluding hydrogens is 544 g/mol. The first-order valence-electron chi connectivity index (χ1n) is 11.4. The van der Waals surface area contributed by atoms with E-state index in [1.165, 1.54) is 53.0 Å². The van der Waals surface area contributed by atoms with Crippen molar-refractivity contribution >= 4 is 60.3 Å². The summed E-state index contributed by atoms with van der Waals surface area (Å²) in [5, 5.41) is 4.07. The van der Waals surface area contributed by atoms with Crippen LogP contribution in [0.5, 0.6) is 0 Å². The third-order valence-electron chi connectivity index (χ3n) is 5.82. The van der Waals surface area contributed by atoms with E-state index < -0.39 is 10.0 Å². The number of hydrogen-bond acceptors (Lipinski definition) is 6. The lowest BCUT2D eigenvalue weighted by atomic mass is 10.2. The van der Waals surface area contributed by atoms with Gasteiger partial charge in [0.05, 0.1) is 15.5 Å². The highest BCUT2D eigenvalue weighted by molar-refractivity contribution is 7.92. The van der Waals surface area contributed by atoms with Crippen molar-refractivity contribution < 1.29 is 13.2 Å². The number of sulfonamides is 1. The van der Waals surface area contributed by atoms with E-state index in [1.807, 2.05) is 0 Å². The number of aromatic amines is 1. The van der Waals surface area contributed by atoms with Gasteiger partial charge in [-0.2, -0.15) is 0 Å². The first-order chi connectivity index (χ1) is 18.1. The van der Waals surface area contributed by atoms with E-state index in [9.17, 15) is 18.0 Å². The molecule has 2 heterocycles. The summed E-state index contributed by atoms with van der Waals surface area (Å²) in [6.07, 6.45) is 0. The van der Waals surface area contributed by atoms with Gasteiger partial charge in [0.25, 0.3) is 21.5 Å². The number of fused-ring (bicyclic) bond motifs is 1. The third-order valence-corrected chi connectivity index (χ3v) is 8.99. The molecule has 0 aliphatic rings. The number of rotatable bonds is 6. The average molecular weight is 565 g/mol. The van der Waals surface area contributed by atoms with Crippen molar-refractivity contribution in [2.45, 2.75) is 11.8 Å². The van der Waals surface area contributed by atoms with Gasteiger partial charge in [-0.1, -0.05) is 23.7 Å². The second-order valence-electron chi connectivity index (χ2n) is 8.53. The first kappa shape index (κ1) is 25.7. The highest BCUT2D eigenvalue weighted by atomic mass is 35.5. The van der Waals surface area contributed by atoms with E-state index in [2.05, 4.69) is 15.3 Å². The van der Waals surface area contributed by atoms with E-state index in [0.29, 0.717) is 38.4 Å². The number of benzene rings is 3. The molecule has 1 amide bonds. The lowest BCUT2D eigenvalue weighted by Gasteiger charge is -2.19. The molecule has 8 nitrogen and oxygen atoms in total. The molecule has 0 spiro atoms. The Bertz CT molecular complexity index is 1850. The van der Waals surface area contributed by atoms with Crippen LogP contribution in [0.1, 0.15) is 15.4 Å². The Balaban J connectivity index is 1.38. The summed E-state index contributed by atoms with van der Waals surface area (Å²) in [6.45, 7) is 1.74. The number of anilines is 2. The molecule has 0 radical (unpaired) electrons. The van der Waals surface area contributed by atoms with Crippen LogP contribution in [0.2, 0.25) is 5.02 Å². The number of H-pyrrole nitrogens is 1.